The van der Waals surface area contributed by atoms with E-state index in [9.17, 15) is 24.0 Å². The minimum absolute atomic E-state index is 0.0519. The molecular formula is C37H44N6O11S. The summed E-state index contributed by atoms with van der Waals surface area (Å²) in [5.41, 5.74) is 1.20. The molecule has 18 heteroatoms. The van der Waals surface area contributed by atoms with Crippen molar-refractivity contribution in [2.45, 2.75) is 63.5 Å². The molecule has 17 nitrogen and oxygen atoms in total. The van der Waals surface area contributed by atoms with Gasteiger partial charge in [-0.1, -0.05) is 12.7 Å². The van der Waals surface area contributed by atoms with Crippen LogP contribution in [0.1, 0.15) is 76.3 Å². The lowest BCUT2D eigenvalue weighted by Crippen LogP contribution is -2.54. The average molecular weight is 781 g/mol. The number of nitrogens with zero attached hydrogens (tertiary/aromatic N) is 4. The third kappa shape index (κ3) is 8.92. The molecule has 2 aromatic heterocycles. The predicted octanol–water partition coefficient (Wildman–Crippen LogP) is 4.94. The molecule has 0 bridgehead atoms. The Morgan fingerprint density at radius 2 is 1.93 bits per heavy atom. The zero-order valence-electron chi connectivity index (χ0n) is 30.9. The monoisotopic (exact) mass is 780 g/mol. The molecule has 2 N–H and O–H groups in total. The van der Waals surface area contributed by atoms with Crippen LogP contribution in [0.3, 0.4) is 0 Å². The normalized spacial score (nSPS) is 19.1. The maximum Gasteiger partial charge on any atom is 0.416 e. The lowest BCUT2D eigenvalue weighted by Gasteiger charge is -2.38. The molecule has 3 aromatic rings. The number of amides is 4. The van der Waals surface area contributed by atoms with Gasteiger partial charge in [-0.05, 0) is 50.7 Å². The highest BCUT2D eigenvalue weighted by Crippen LogP contribution is 2.42. The van der Waals surface area contributed by atoms with Crippen LogP contribution < -0.4 is 25.0 Å². The molecule has 6 rings (SSSR count). The van der Waals surface area contributed by atoms with Crippen LogP contribution in [0.25, 0.3) is 0 Å². The van der Waals surface area contributed by atoms with Crippen LogP contribution in [0, 0.1) is 0 Å². The van der Waals surface area contributed by atoms with E-state index < -0.39 is 36.5 Å². The Labute approximate surface area is 321 Å². The smallest absolute Gasteiger partial charge is 0.416 e. The van der Waals surface area contributed by atoms with E-state index in [-0.39, 0.29) is 77.1 Å². The molecule has 0 radical (unpaired) electrons. The summed E-state index contributed by atoms with van der Waals surface area (Å²) in [6, 6.07) is 4.16. The summed E-state index contributed by atoms with van der Waals surface area (Å²) in [4.78, 5) is 72.6. The third-order valence-electron chi connectivity index (χ3n) is 9.31. The van der Waals surface area contributed by atoms with Gasteiger partial charge in [0, 0.05) is 44.3 Å². The Kier molecular flexibility index (Phi) is 12.7. The van der Waals surface area contributed by atoms with E-state index in [0.29, 0.717) is 31.7 Å². The summed E-state index contributed by atoms with van der Waals surface area (Å²) < 4.78 is 35.9. The number of thiazole rings is 1. The summed E-state index contributed by atoms with van der Waals surface area (Å²) >= 11 is 1.09. The maximum absolute atomic E-state index is 14.0. The molecule has 0 spiro atoms. The van der Waals surface area contributed by atoms with Gasteiger partial charge in [0.15, 0.2) is 29.1 Å². The van der Waals surface area contributed by atoms with E-state index >= 15 is 0 Å². The highest BCUT2D eigenvalue weighted by atomic mass is 32.1. The maximum atomic E-state index is 14.0. The summed E-state index contributed by atoms with van der Waals surface area (Å²) in [6.07, 6.45) is 5.04. The fourth-order valence-corrected chi connectivity index (χ4v) is 7.40. The molecular weight excluding hydrogens is 737 g/mol. The predicted molar refractivity (Wildman–Crippen MR) is 200 cm³/mol. The zero-order valence-corrected chi connectivity index (χ0v) is 31.7. The molecule has 55 heavy (non-hydrogen) atoms. The molecule has 3 aliphatic heterocycles. The van der Waals surface area contributed by atoms with E-state index in [4.69, 9.17) is 28.4 Å². The van der Waals surface area contributed by atoms with Gasteiger partial charge in [0.05, 0.1) is 43.8 Å². The Morgan fingerprint density at radius 1 is 1.09 bits per heavy atom. The number of benzene rings is 1. The van der Waals surface area contributed by atoms with E-state index in [1.54, 1.807) is 30.3 Å². The Morgan fingerprint density at radius 3 is 2.67 bits per heavy atom. The average Bonchev–Trinajstić information content (AvgIpc) is 3.94. The number of aromatic nitrogens is 2. The van der Waals surface area contributed by atoms with Gasteiger partial charge >= 0.3 is 12.1 Å². The van der Waals surface area contributed by atoms with Crippen molar-refractivity contribution in [2.75, 3.05) is 56.1 Å². The van der Waals surface area contributed by atoms with Gasteiger partial charge in [-0.25, -0.2) is 19.5 Å². The van der Waals surface area contributed by atoms with Crippen LogP contribution >= 0.6 is 11.3 Å². The molecule has 2 saturated heterocycles. The van der Waals surface area contributed by atoms with Gasteiger partial charge in [0.25, 0.3) is 11.8 Å². The Bertz CT molecular complexity index is 1920. The molecule has 5 heterocycles. The first-order chi connectivity index (χ1) is 26.6. The van der Waals surface area contributed by atoms with Crippen LogP contribution in [0.4, 0.5) is 21.3 Å². The van der Waals surface area contributed by atoms with Crippen LogP contribution in [0.5, 0.6) is 11.5 Å². The minimum Gasteiger partial charge on any atom is -0.493 e. The summed E-state index contributed by atoms with van der Waals surface area (Å²) in [6.45, 7) is 4.72. The minimum atomic E-state index is -0.895. The number of methoxy groups -OCH3 is 2. The number of hydrogen-bond donors (Lipinski definition) is 2. The number of fused-ring (bicyclic) bond motifs is 2. The molecule has 3 aliphatic rings. The highest BCUT2D eigenvalue weighted by Gasteiger charge is 2.47. The topological polar surface area (TPSA) is 189 Å². The summed E-state index contributed by atoms with van der Waals surface area (Å²) in [7, 11) is 4.37. The van der Waals surface area contributed by atoms with Crippen LogP contribution in [-0.4, -0.2) is 103 Å². The van der Waals surface area contributed by atoms with Gasteiger partial charge in [-0.2, -0.15) is 0 Å². The number of nitrogens with one attached hydrogen (secondary N) is 2. The number of aryl methyl sites for hydroxylation is 1. The van der Waals surface area contributed by atoms with Crippen molar-refractivity contribution in [1.82, 2.24) is 14.5 Å². The molecule has 4 amide bonds. The highest BCUT2D eigenvalue weighted by molar-refractivity contribution is 7.14. The number of hydrogen-bond acceptors (Lipinski definition) is 13. The van der Waals surface area contributed by atoms with Crippen molar-refractivity contribution >= 4 is 57.6 Å². The molecule has 3 atom stereocenters. The van der Waals surface area contributed by atoms with Crippen LogP contribution in [-0.2, 0) is 30.8 Å². The van der Waals surface area contributed by atoms with Crippen molar-refractivity contribution < 1.29 is 52.4 Å². The van der Waals surface area contributed by atoms with Crippen molar-refractivity contribution in [3.05, 3.63) is 59.4 Å². The summed E-state index contributed by atoms with van der Waals surface area (Å²) in [5, 5.41) is 7.11. The molecule has 294 valence electrons. The fraction of sp³-hybridized carbons (Fsp3) is 0.459. The van der Waals surface area contributed by atoms with E-state index in [2.05, 4.69) is 22.2 Å². The lowest BCUT2D eigenvalue weighted by atomic mass is 10.1. The van der Waals surface area contributed by atoms with Crippen LogP contribution in [0.15, 0.2) is 42.4 Å². The number of esters is 1. The Hall–Kier alpha value is -5.46. The molecule has 0 saturated carbocycles. The Balaban J connectivity index is 1.12. The number of carbonyl (C=O) groups excluding carboxylic acids is 5. The quantitative estimate of drug-likeness (QED) is 0.128. The first kappa shape index (κ1) is 39.2. The first-order valence-corrected chi connectivity index (χ1v) is 18.8. The van der Waals surface area contributed by atoms with E-state index in [0.717, 1.165) is 30.6 Å². The van der Waals surface area contributed by atoms with E-state index in [1.165, 1.54) is 41.2 Å². The van der Waals surface area contributed by atoms with Gasteiger partial charge < -0.3 is 48.5 Å². The number of carbonyl (C=O) groups is 5. The van der Waals surface area contributed by atoms with Gasteiger partial charge in [-0.3, -0.25) is 14.4 Å². The fourth-order valence-electron chi connectivity index (χ4n) is 6.69. The van der Waals surface area contributed by atoms with Crippen molar-refractivity contribution in [3.63, 3.8) is 0 Å². The van der Waals surface area contributed by atoms with Gasteiger partial charge in [0.2, 0.25) is 5.91 Å². The molecule has 0 aliphatic carbocycles. The van der Waals surface area contributed by atoms with Crippen molar-refractivity contribution in [1.29, 1.82) is 0 Å². The van der Waals surface area contributed by atoms with Crippen molar-refractivity contribution in [3.8, 4) is 11.5 Å². The number of rotatable bonds is 14. The zero-order chi connectivity index (χ0) is 39.1. The molecule has 2 fully saturated rings. The van der Waals surface area contributed by atoms with E-state index in [1.807, 2.05) is 0 Å². The molecule has 2 unspecified atom stereocenters. The summed E-state index contributed by atoms with van der Waals surface area (Å²) in [5.74, 6) is -1.16. The van der Waals surface area contributed by atoms with Crippen molar-refractivity contribution in [2.24, 2.45) is 7.05 Å². The lowest BCUT2D eigenvalue weighted by molar-refractivity contribution is -0.195. The second kappa shape index (κ2) is 17.8. The third-order valence-corrected chi connectivity index (χ3v) is 10.1. The number of anilines is 3. The van der Waals surface area contributed by atoms with Crippen LogP contribution in [0.2, 0.25) is 0 Å². The molecule has 1 aromatic carbocycles. The SMILES string of the molecule is C=CCOC(=O)N1c2cc(OCCCC(=O)Nc3nc(C(=O)Nc4cc(C(=O)OC)n(C)c4)cs3)c(OC)cc2C(=O)N2CCC[C@H]2C1OC1CCCCO1. The standard InChI is InChI=1S/C37H44N6O11S/c1-5-14-53-37(48)43-26-19-29(28(49-3)18-23(26)33(46)42-13-8-10-25(42)34(43)54-31-12-6-7-15-52-31)51-16-9-11-30(44)40-36-39-24(21-55-36)32(45)38-22-17-27(35(47)50-4)41(2)20-22/h5,17-21,25,31,34H,1,6-16H2,2-4H3,(H,38,45)(H,39,40,44)/t25-,31?,34?/m0/s1. The first-order valence-electron chi connectivity index (χ1n) is 17.9. The van der Waals surface area contributed by atoms with Gasteiger partial charge in [0.1, 0.15) is 18.0 Å². The second-order valence-electron chi connectivity index (χ2n) is 13.0. The second-order valence-corrected chi connectivity index (χ2v) is 13.9. The number of ether oxygens (including phenoxy) is 6. The largest absolute Gasteiger partial charge is 0.493 e. The van der Waals surface area contributed by atoms with Gasteiger partial charge in [-0.15, -0.1) is 11.3 Å².